The van der Waals surface area contributed by atoms with Crippen LogP contribution in [0.15, 0.2) is 24.3 Å². The van der Waals surface area contributed by atoms with Gasteiger partial charge in [-0.15, -0.1) is 0 Å². The monoisotopic (exact) mass is 221 g/mol. The summed E-state index contributed by atoms with van der Waals surface area (Å²) in [4.78, 5) is 22.7. The third kappa shape index (κ3) is 3.47. The minimum absolute atomic E-state index is 0.0589. The van der Waals surface area contributed by atoms with E-state index < -0.39 is 5.91 Å². The molecule has 0 aliphatic rings. The molecule has 1 rings (SSSR count). The van der Waals surface area contributed by atoms with Crippen molar-refractivity contribution in [2.75, 3.05) is 0 Å². The minimum Gasteiger partial charge on any atom is -0.392 e. The number of rotatable bonds is 4. The maximum atomic E-state index is 11.5. The molecule has 0 unspecified atom stereocenters. The van der Waals surface area contributed by atoms with Crippen LogP contribution in [-0.2, 0) is 11.4 Å². The van der Waals surface area contributed by atoms with Gasteiger partial charge in [-0.25, -0.2) is 0 Å². The van der Waals surface area contributed by atoms with Gasteiger partial charge >= 0.3 is 0 Å². The van der Waals surface area contributed by atoms with Crippen molar-refractivity contribution >= 4 is 11.8 Å². The molecule has 0 aliphatic heterocycles. The summed E-state index contributed by atoms with van der Waals surface area (Å²) in [6.07, 6.45) is 1.06. The van der Waals surface area contributed by atoms with E-state index in [0.29, 0.717) is 18.4 Å². The van der Waals surface area contributed by atoms with E-state index in [1.54, 1.807) is 24.3 Å². The van der Waals surface area contributed by atoms with E-state index in [1.807, 2.05) is 6.92 Å². The first-order chi connectivity index (χ1) is 7.67. The van der Waals surface area contributed by atoms with Crippen LogP contribution in [0.25, 0.3) is 0 Å². The van der Waals surface area contributed by atoms with Gasteiger partial charge in [0.1, 0.15) is 0 Å². The normalized spacial score (nSPS) is 9.88. The minimum atomic E-state index is -0.400. The summed E-state index contributed by atoms with van der Waals surface area (Å²) in [5, 5.41) is 11.1. The zero-order valence-electron chi connectivity index (χ0n) is 9.19. The van der Waals surface area contributed by atoms with Crippen LogP contribution in [0.2, 0.25) is 0 Å². The van der Waals surface area contributed by atoms with Gasteiger partial charge in [0.05, 0.1) is 6.61 Å². The van der Waals surface area contributed by atoms with Crippen LogP contribution < -0.4 is 5.32 Å². The van der Waals surface area contributed by atoms with Crippen LogP contribution in [0.4, 0.5) is 0 Å². The van der Waals surface area contributed by atoms with Crippen molar-refractivity contribution in [1.29, 1.82) is 0 Å². The van der Waals surface area contributed by atoms with E-state index in [4.69, 9.17) is 5.11 Å². The highest BCUT2D eigenvalue weighted by atomic mass is 16.3. The number of carbonyl (C=O) groups is 2. The molecule has 0 bridgehead atoms. The Kier molecular flexibility index (Phi) is 4.66. The van der Waals surface area contributed by atoms with E-state index in [0.717, 1.165) is 5.56 Å². The van der Waals surface area contributed by atoms with Crippen molar-refractivity contribution in [3.8, 4) is 0 Å². The van der Waals surface area contributed by atoms with Gasteiger partial charge in [-0.05, 0) is 24.1 Å². The summed E-state index contributed by atoms with van der Waals surface area (Å²) >= 11 is 0. The Morgan fingerprint density at radius 1 is 1.25 bits per heavy atom. The maximum Gasteiger partial charge on any atom is 0.257 e. The van der Waals surface area contributed by atoms with E-state index >= 15 is 0 Å². The smallest absolute Gasteiger partial charge is 0.257 e. The van der Waals surface area contributed by atoms with Gasteiger partial charge in [0.2, 0.25) is 5.91 Å². The third-order valence-electron chi connectivity index (χ3n) is 2.13. The Hall–Kier alpha value is -1.68. The van der Waals surface area contributed by atoms with Crippen LogP contribution >= 0.6 is 0 Å². The molecule has 0 atom stereocenters. The molecule has 0 heterocycles. The molecule has 1 aromatic rings. The Morgan fingerprint density at radius 2 is 1.88 bits per heavy atom. The summed E-state index contributed by atoms with van der Waals surface area (Å²) in [6, 6.07) is 6.47. The first kappa shape index (κ1) is 12.4. The average Bonchev–Trinajstić information content (AvgIpc) is 2.29. The van der Waals surface area contributed by atoms with E-state index in [9.17, 15) is 9.59 Å². The first-order valence-corrected chi connectivity index (χ1v) is 5.21. The van der Waals surface area contributed by atoms with E-state index in [2.05, 4.69) is 5.32 Å². The Balaban J connectivity index is 2.62. The summed E-state index contributed by atoms with van der Waals surface area (Å²) in [5.74, 6) is -0.665. The van der Waals surface area contributed by atoms with Crippen molar-refractivity contribution in [3.63, 3.8) is 0 Å². The Labute approximate surface area is 94.3 Å². The molecule has 0 fully saturated rings. The predicted molar refractivity (Wildman–Crippen MR) is 59.7 cm³/mol. The molecule has 0 saturated heterocycles. The van der Waals surface area contributed by atoms with E-state index in [1.165, 1.54) is 0 Å². The van der Waals surface area contributed by atoms with Gasteiger partial charge in [0.25, 0.3) is 5.91 Å². The fourth-order valence-electron chi connectivity index (χ4n) is 1.25. The lowest BCUT2D eigenvalue weighted by molar-refractivity contribution is -0.120. The maximum absolute atomic E-state index is 11.5. The largest absolute Gasteiger partial charge is 0.392 e. The van der Waals surface area contributed by atoms with Crippen molar-refractivity contribution < 1.29 is 14.7 Å². The molecule has 4 nitrogen and oxygen atoms in total. The zero-order chi connectivity index (χ0) is 12.0. The van der Waals surface area contributed by atoms with Crippen LogP contribution in [-0.4, -0.2) is 16.9 Å². The second-order valence-electron chi connectivity index (χ2n) is 3.48. The quantitative estimate of drug-likeness (QED) is 0.803. The molecule has 16 heavy (non-hydrogen) atoms. The number of hydrogen-bond donors (Lipinski definition) is 2. The number of aliphatic hydroxyl groups excluding tert-OH is 1. The summed E-state index contributed by atoms with van der Waals surface area (Å²) < 4.78 is 0. The number of benzene rings is 1. The molecule has 1 aromatic carbocycles. The zero-order valence-corrected chi connectivity index (χ0v) is 9.19. The summed E-state index contributed by atoms with van der Waals surface area (Å²) in [5.41, 5.74) is 1.15. The number of nitrogens with one attached hydrogen (secondary N) is 1. The van der Waals surface area contributed by atoms with Crippen molar-refractivity contribution in [2.24, 2.45) is 0 Å². The fraction of sp³-hybridized carbons (Fsp3) is 0.333. The van der Waals surface area contributed by atoms with Gasteiger partial charge in [-0.2, -0.15) is 0 Å². The second kappa shape index (κ2) is 6.02. The second-order valence-corrected chi connectivity index (χ2v) is 3.48. The van der Waals surface area contributed by atoms with Crippen LogP contribution in [0, 0.1) is 0 Å². The number of carbonyl (C=O) groups excluding carboxylic acids is 2. The molecule has 4 heteroatoms. The summed E-state index contributed by atoms with van der Waals surface area (Å²) in [7, 11) is 0. The van der Waals surface area contributed by atoms with Gasteiger partial charge in [-0.3, -0.25) is 14.9 Å². The Morgan fingerprint density at radius 3 is 2.38 bits per heavy atom. The highest BCUT2D eigenvalue weighted by molar-refractivity contribution is 6.04. The fourth-order valence-corrected chi connectivity index (χ4v) is 1.25. The molecular formula is C12H15NO3. The lowest BCUT2D eigenvalue weighted by Crippen LogP contribution is -2.29. The highest BCUT2D eigenvalue weighted by Gasteiger charge is 2.08. The third-order valence-corrected chi connectivity index (χ3v) is 2.13. The van der Waals surface area contributed by atoms with Gasteiger partial charge in [0, 0.05) is 12.0 Å². The molecule has 2 amide bonds. The average molecular weight is 221 g/mol. The number of aliphatic hydroxyl groups is 1. The van der Waals surface area contributed by atoms with Crippen LogP contribution in [0.5, 0.6) is 0 Å². The van der Waals surface area contributed by atoms with Crippen molar-refractivity contribution in [3.05, 3.63) is 35.4 Å². The number of hydrogen-bond acceptors (Lipinski definition) is 3. The molecule has 0 spiro atoms. The molecule has 0 saturated carbocycles. The SMILES string of the molecule is CCCC(=O)NC(=O)c1ccc(CO)cc1. The summed E-state index contributed by atoms with van der Waals surface area (Å²) in [6.45, 7) is 1.82. The van der Waals surface area contributed by atoms with Crippen molar-refractivity contribution in [1.82, 2.24) is 5.32 Å². The standard InChI is InChI=1S/C12H15NO3/c1-2-3-11(15)13-12(16)10-6-4-9(8-14)5-7-10/h4-7,14H,2-3,8H2,1H3,(H,13,15,16). The molecule has 0 radical (unpaired) electrons. The van der Waals surface area contributed by atoms with Gasteiger partial charge < -0.3 is 5.11 Å². The van der Waals surface area contributed by atoms with Crippen LogP contribution in [0.3, 0.4) is 0 Å². The lowest BCUT2D eigenvalue weighted by atomic mass is 10.1. The highest BCUT2D eigenvalue weighted by Crippen LogP contribution is 2.04. The number of imide groups is 1. The lowest BCUT2D eigenvalue weighted by Gasteiger charge is -2.03. The Bertz CT molecular complexity index is 370. The molecular weight excluding hydrogens is 206 g/mol. The number of amides is 2. The molecule has 0 aliphatic carbocycles. The predicted octanol–water partition coefficient (Wildman–Crippen LogP) is 1.24. The first-order valence-electron chi connectivity index (χ1n) is 5.21. The van der Waals surface area contributed by atoms with E-state index in [-0.39, 0.29) is 12.5 Å². The van der Waals surface area contributed by atoms with Crippen molar-refractivity contribution in [2.45, 2.75) is 26.4 Å². The molecule has 0 aromatic heterocycles. The molecule has 86 valence electrons. The topological polar surface area (TPSA) is 66.4 Å². The molecule has 2 N–H and O–H groups in total. The van der Waals surface area contributed by atoms with Crippen LogP contribution in [0.1, 0.15) is 35.7 Å². The van der Waals surface area contributed by atoms with Gasteiger partial charge in [-0.1, -0.05) is 19.1 Å². The van der Waals surface area contributed by atoms with Gasteiger partial charge in [0.15, 0.2) is 0 Å².